The first-order valence-corrected chi connectivity index (χ1v) is 8.44. The molecular formula is C18H21FN2O2S. The molecule has 4 nitrogen and oxygen atoms in total. The predicted molar refractivity (Wildman–Crippen MR) is 94.2 cm³/mol. The van der Waals surface area contributed by atoms with Gasteiger partial charge in [-0.1, -0.05) is 39.0 Å². The topological polar surface area (TPSA) is 62.2 Å². The smallest absolute Gasteiger partial charge is 0.244 e. The first-order valence-electron chi connectivity index (χ1n) is 7.62. The molecule has 1 aromatic heterocycles. The molecule has 0 aliphatic carbocycles. The molecule has 2 N–H and O–H groups in total. The lowest BCUT2D eigenvalue weighted by atomic mass is 9.98. The number of halogens is 1. The van der Waals surface area contributed by atoms with Gasteiger partial charge in [0.05, 0.1) is 11.1 Å². The third-order valence-electron chi connectivity index (χ3n) is 3.30. The fraction of sp³-hybridized carbons (Fsp3) is 0.333. The number of carbonyl (C=O) groups excluding carboxylic acids is 1. The van der Waals surface area contributed by atoms with Gasteiger partial charge in [0.15, 0.2) is 0 Å². The molecule has 1 amide bonds. The summed E-state index contributed by atoms with van der Waals surface area (Å²) in [7, 11) is 0. The minimum absolute atomic E-state index is 0.0249. The van der Waals surface area contributed by atoms with Crippen LogP contribution in [0.25, 0.3) is 6.08 Å². The van der Waals surface area contributed by atoms with Crippen LogP contribution in [0.4, 0.5) is 4.39 Å². The van der Waals surface area contributed by atoms with Crippen LogP contribution in [0.15, 0.2) is 36.5 Å². The zero-order valence-corrected chi connectivity index (χ0v) is 14.7. The number of nitrogens with zero attached hydrogens (tertiary/aromatic N) is 1. The molecule has 1 atom stereocenters. The third-order valence-corrected chi connectivity index (χ3v) is 4.69. The molecule has 1 unspecified atom stereocenters. The van der Waals surface area contributed by atoms with Gasteiger partial charge in [0.2, 0.25) is 5.91 Å². The van der Waals surface area contributed by atoms with E-state index in [-0.39, 0.29) is 23.4 Å². The number of aromatic nitrogens is 1. The van der Waals surface area contributed by atoms with Gasteiger partial charge < -0.3 is 10.4 Å². The lowest BCUT2D eigenvalue weighted by Gasteiger charge is -2.13. The summed E-state index contributed by atoms with van der Waals surface area (Å²) in [6, 6.07) is 5.96. The first-order chi connectivity index (χ1) is 11.3. The zero-order valence-electron chi connectivity index (χ0n) is 13.9. The molecule has 6 heteroatoms. The van der Waals surface area contributed by atoms with Crippen molar-refractivity contribution in [2.45, 2.75) is 32.3 Å². The highest BCUT2D eigenvalue weighted by Gasteiger charge is 2.17. The van der Waals surface area contributed by atoms with Gasteiger partial charge >= 0.3 is 0 Å². The van der Waals surface area contributed by atoms with Crippen LogP contribution in [0.5, 0.6) is 0 Å². The summed E-state index contributed by atoms with van der Waals surface area (Å²) >= 11 is 1.53. The number of benzene rings is 1. The van der Waals surface area contributed by atoms with Crippen LogP contribution in [0, 0.1) is 5.82 Å². The number of hydrogen-bond donors (Lipinski definition) is 2. The minimum atomic E-state index is -1.08. The molecule has 24 heavy (non-hydrogen) atoms. The molecule has 2 aromatic rings. The van der Waals surface area contributed by atoms with Crippen molar-refractivity contribution in [1.29, 1.82) is 0 Å². The normalized spacial score (nSPS) is 13.2. The zero-order chi connectivity index (χ0) is 17.7. The lowest BCUT2D eigenvalue weighted by Crippen LogP contribution is -2.27. The van der Waals surface area contributed by atoms with Gasteiger partial charge in [0, 0.05) is 34.7 Å². The average Bonchev–Trinajstić information content (AvgIpc) is 3.00. The molecule has 0 radical (unpaired) electrons. The molecule has 0 fully saturated rings. The summed E-state index contributed by atoms with van der Waals surface area (Å²) in [5.74, 6) is -0.842. The Morgan fingerprint density at radius 1 is 1.42 bits per heavy atom. The molecule has 2 rings (SSSR count). The van der Waals surface area contributed by atoms with Crippen LogP contribution in [-0.2, 0) is 10.2 Å². The molecule has 128 valence electrons. The second-order valence-electron chi connectivity index (χ2n) is 6.43. The number of rotatable bonds is 5. The number of amides is 1. The highest BCUT2D eigenvalue weighted by Crippen LogP contribution is 2.27. The Morgan fingerprint density at radius 3 is 2.75 bits per heavy atom. The summed E-state index contributed by atoms with van der Waals surface area (Å²) in [5, 5.41) is 13.5. The maximum Gasteiger partial charge on any atom is 0.244 e. The molecule has 0 saturated carbocycles. The molecule has 0 aliphatic rings. The third kappa shape index (κ3) is 4.97. The Morgan fingerprint density at radius 2 is 2.12 bits per heavy atom. The number of carbonyl (C=O) groups is 1. The van der Waals surface area contributed by atoms with Crippen LogP contribution in [0.2, 0.25) is 0 Å². The van der Waals surface area contributed by atoms with Gasteiger partial charge in [-0.2, -0.15) is 0 Å². The second-order valence-corrected chi connectivity index (χ2v) is 7.50. The lowest BCUT2D eigenvalue weighted by molar-refractivity contribution is -0.116. The van der Waals surface area contributed by atoms with Crippen molar-refractivity contribution in [2.75, 3.05) is 6.54 Å². The molecule has 0 bridgehead atoms. The summed E-state index contributed by atoms with van der Waals surface area (Å²) in [6.45, 7) is 6.18. The second kappa shape index (κ2) is 7.68. The van der Waals surface area contributed by atoms with Crippen molar-refractivity contribution < 1.29 is 14.3 Å². The standard InChI is InChI=1S/C18H21FN2O2S/c1-18(2,3)17-21-10-12(24-17)8-9-16(23)20-11-15(22)13-6-4-5-7-14(13)19/h4-10,15,22H,11H2,1-3H3,(H,20,23)/b9-8+. The van der Waals surface area contributed by atoms with Gasteiger partial charge in [-0.3, -0.25) is 4.79 Å². The number of aliphatic hydroxyl groups is 1. The van der Waals surface area contributed by atoms with Crippen molar-refractivity contribution in [3.8, 4) is 0 Å². The number of aliphatic hydroxyl groups excluding tert-OH is 1. The Bertz CT molecular complexity index is 735. The molecule has 1 aromatic carbocycles. The van der Waals surface area contributed by atoms with E-state index in [2.05, 4.69) is 31.1 Å². The van der Waals surface area contributed by atoms with E-state index in [9.17, 15) is 14.3 Å². The molecule has 0 aliphatic heterocycles. The van der Waals surface area contributed by atoms with E-state index in [1.165, 1.54) is 29.5 Å². The van der Waals surface area contributed by atoms with E-state index < -0.39 is 11.9 Å². The van der Waals surface area contributed by atoms with Gasteiger partial charge in [0.1, 0.15) is 5.82 Å². The van der Waals surface area contributed by atoms with Crippen LogP contribution in [-0.4, -0.2) is 22.5 Å². The maximum atomic E-state index is 13.5. The Labute approximate surface area is 145 Å². The number of nitrogens with one attached hydrogen (secondary N) is 1. The fourth-order valence-corrected chi connectivity index (χ4v) is 2.86. The summed E-state index contributed by atoms with van der Waals surface area (Å²) in [6.07, 6.45) is 3.70. The van der Waals surface area contributed by atoms with Crippen molar-refractivity contribution in [2.24, 2.45) is 0 Å². The Balaban J connectivity index is 1.89. The fourth-order valence-electron chi connectivity index (χ4n) is 1.98. The molecule has 0 saturated heterocycles. The predicted octanol–water partition coefficient (Wildman–Crippen LogP) is 3.44. The minimum Gasteiger partial charge on any atom is -0.386 e. The van der Waals surface area contributed by atoms with E-state index in [0.717, 1.165) is 9.88 Å². The van der Waals surface area contributed by atoms with Crippen LogP contribution in [0.1, 0.15) is 42.3 Å². The van der Waals surface area contributed by atoms with Gasteiger partial charge in [-0.05, 0) is 12.1 Å². The van der Waals surface area contributed by atoms with Crippen molar-refractivity contribution in [3.05, 3.63) is 57.8 Å². The highest BCUT2D eigenvalue weighted by molar-refractivity contribution is 7.12. The van der Waals surface area contributed by atoms with E-state index in [4.69, 9.17) is 0 Å². The maximum absolute atomic E-state index is 13.5. The van der Waals surface area contributed by atoms with Gasteiger partial charge in [-0.15, -0.1) is 11.3 Å². The van der Waals surface area contributed by atoms with Crippen LogP contribution >= 0.6 is 11.3 Å². The quantitative estimate of drug-likeness (QED) is 0.814. The monoisotopic (exact) mass is 348 g/mol. The molecular weight excluding hydrogens is 327 g/mol. The van der Waals surface area contributed by atoms with Crippen molar-refractivity contribution >= 4 is 23.3 Å². The van der Waals surface area contributed by atoms with Crippen molar-refractivity contribution in [3.63, 3.8) is 0 Å². The first kappa shape index (κ1) is 18.3. The number of hydrogen-bond acceptors (Lipinski definition) is 4. The van der Waals surface area contributed by atoms with Crippen LogP contribution in [0.3, 0.4) is 0 Å². The SMILES string of the molecule is CC(C)(C)c1ncc(/C=C/C(=O)NCC(O)c2ccccc2F)s1. The van der Waals surface area contributed by atoms with Gasteiger partial charge in [0.25, 0.3) is 0 Å². The van der Waals surface area contributed by atoms with E-state index in [1.807, 2.05) is 0 Å². The van der Waals surface area contributed by atoms with E-state index >= 15 is 0 Å². The van der Waals surface area contributed by atoms with E-state index in [0.29, 0.717) is 0 Å². The average molecular weight is 348 g/mol. The van der Waals surface area contributed by atoms with E-state index in [1.54, 1.807) is 24.4 Å². The van der Waals surface area contributed by atoms with Crippen LogP contribution < -0.4 is 5.32 Å². The Kier molecular flexibility index (Phi) is 5.85. The summed E-state index contributed by atoms with van der Waals surface area (Å²) < 4.78 is 13.5. The molecule has 0 spiro atoms. The van der Waals surface area contributed by atoms with Crippen molar-refractivity contribution in [1.82, 2.24) is 10.3 Å². The molecule has 1 heterocycles. The van der Waals surface area contributed by atoms with Gasteiger partial charge in [-0.25, -0.2) is 9.37 Å². The number of thiazole rings is 1. The summed E-state index contributed by atoms with van der Waals surface area (Å²) in [5.41, 5.74) is 0.141. The largest absolute Gasteiger partial charge is 0.386 e. The Hall–Kier alpha value is -2.05. The summed E-state index contributed by atoms with van der Waals surface area (Å²) in [4.78, 5) is 17.0. The highest BCUT2D eigenvalue weighted by atomic mass is 32.1.